The molecule has 1 saturated heterocycles. The van der Waals surface area contributed by atoms with Crippen molar-refractivity contribution in [3.8, 4) is 0 Å². The number of rotatable bonds is 4. The summed E-state index contributed by atoms with van der Waals surface area (Å²) in [5.41, 5.74) is 4.50. The third kappa shape index (κ3) is 3.76. The number of piperidine rings is 1. The number of hydrogen-bond donors (Lipinski definition) is 2. The number of halogens is 1. The van der Waals surface area contributed by atoms with Crippen LogP contribution in [0.15, 0.2) is 48.7 Å². The van der Waals surface area contributed by atoms with Gasteiger partial charge in [0.05, 0.1) is 5.57 Å². The predicted octanol–water partition coefficient (Wildman–Crippen LogP) is 4.73. The van der Waals surface area contributed by atoms with E-state index in [0.717, 1.165) is 23.5 Å². The average molecular weight is 368 g/mol. The number of nitrogens with one attached hydrogen (secondary N) is 2. The second kappa shape index (κ2) is 7.52. The first-order valence-corrected chi connectivity index (χ1v) is 9.46. The largest absolute Gasteiger partial charge is 0.361 e. The van der Waals surface area contributed by atoms with Crippen LogP contribution in [0.25, 0.3) is 5.57 Å². The summed E-state index contributed by atoms with van der Waals surface area (Å²) in [6, 6.07) is 13.8. The standard InChI is InChI=1S/C21H22ClN3O/c22-16-6-9-20-18(12-16)19(21(26)24-20)13-23-17-7-4-15(5-8-17)14-25-10-2-1-3-11-25/h4-9,12-13,23H,1-3,10-11,14H2,(H,24,26)/b19-13-. The summed E-state index contributed by atoms with van der Waals surface area (Å²) in [6.07, 6.45) is 5.72. The van der Waals surface area contributed by atoms with E-state index in [1.165, 1.54) is 37.9 Å². The molecule has 2 aromatic rings. The van der Waals surface area contributed by atoms with Gasteiger partial charge in [-0.05, 0) is 61.8 Å². The van der Waals surface area contributed by atoms with E-state index in [4.69, 9.17) is 11.6 Å². The lowest BCUT2D eigenvalue weighted by Gasteiger charge is -2.26. The van der Waals surface area contributed by atoms with Crippen molar-refractivity contribution in [1.82, 2.24) is 4.90 Å². The molecule has 0 radical (unpaired) electrons. The van der Waals surface area contributed by atoms with Crippen molar-refractivity contribution in [3.05, 3.63) is 64.8 Å². The van der Waals surface area contributed by atoms with Crippen molar-refractivity contribution in [1.29, 1.82) is 0 Å². The first kappa shape index (κ1) is 17.1. The lowest BCUT2D eigenvalue weighted by Crippen LogP contribution is -2.29. The van der Waals surface area contributed by atoms with E-state index in [0.29, 0.717) is 10.6 Å². The van der Waals surface area contributed by atoms with Crippen LogP contribution in [0.5, 0.6) is 0 Å². The van der Waals surface area contributed by atoms with Gasteiger partial charge in [0.25, 0.3) is 5.91 Å². The Morgan fingerprint density at radius 3 is 2.62 bits per heavy atom. The molecule has 0 unspecified atom stereocenters. The molecule has 134 valence electrons. The molecule has 0 bridgehead atoms. The summed E-state index contributed by atoms with van der Waals surface area (Å²) in [5, 5.41) is 6.70. The van der Waals surface area contributed by atoms with Gasteiger partial charge in [-0.25, -0.2) is 0 Å². The van der Waals surface area contributed by atoms with Crippen LogP contribution in [0.4, 0.5) is 11.4 Å². The monoisotopic (exact) mass is 367 g/mol. The molecule has 4 rings (SSSR count). The summed E-state index contributed by atoms with van der Waals surface area (Å²) in [5.74, 6) is -0.114. The molecule has 4 nitrogen and oxygen atoms in total. The molecule has 0 spiro atoms. The quantitative estimate of drug-likeness (QED) is 0.768. The molecule has 2 aliphatic heterocycles. The Hall–Kier alpha value is -2.30. The fraction of sp³-hybridized carbons (Fsp3) is 0.286. The zero-order valence-corrected chi connectivity index (χ0v) is 15.4. The minimum absolute atomic E-state index is 0.114. The third-order valence-corrected chi connectivity index (χ3v) is 5.19. The number of nitrogens with zero attached hydrogens (tertiary/aromatic N) is 1. The number of hydrogen-bond acceptors (Lipinski definition) is 3. The highest BCUT2D eigenvalue weighted by Crippen LogP contribution is 2.33. The van der Waals surface area contributed by atoms with Crippen LogP contribution in [0.1, 0.15) is 30.4 Å². The Morgan fingerprint density at radius 2 is 1.85 bits per heavy atom. The van der Waals surface area contributed by atoms with Crippen LogP contribution >= 0.6 is 11.6 Å². The molecule has 1 amide bonds. The van der Waals surface area contributed by atoms with Gasteiger partial charge in [-0.2, -0.15) is 0 Å². The van der Waals surface area contributed by atoms with Gasteiger partial charge in [0.2, 0.25) is 0 Å². The van der Waals surface area contributed by atoms with Crippen LogP contribution in [0.3, 0.4) is 0 Å². The van der Waals surface area contributed by atoms with E-state index >= 15 is 0 Å². The van der Waals surface area contributed by atoms with E-state index in [1.807, 2.05) is 12.1 Å². The maximum atomic E-state index is 12.2. The number of amides is 1. The Labute approximate surface area is 158 Å². The van der Waals surface area contributed by atoms with E-state index in [2.05, 4.69) is 39.8 Å². The van der Waals surface area contributed by atoms with Crippen LogP contribution < -0.4 is 10.6 Å². The van der Waals surface area contributed by atoms with Crippen LogP contribution in [-0.2, 0) is 11.3 Å². The highest BCUT2D eigenvalue weighted by molar-refractivity contribution is 6.34. The summed E-state index contributed by atoms with van der Waals surface area (Å²) < 4.78 is 0. The fourth-order valence-corrected chi connectivity index (χ4v) is 3.71. The number of carbonyl (C=O) groups excluding carboxylic acids is 1. The zero-order valence-electron chi connectivity index (χ0n) is 14.6. The van der Waals surface area contributed by atoms with Crippen LogP contribution in [0, 0.1) is 0 Å². The summed E-state index contributed by atoms with van der Waals surface area (Å²) in [7, 11) is 0. The molecule has 2 N–H and O–H groups in total. The van der Waals surface area contributed by atoms with Crippen molar-refractivity contribution >= 4 is 34.5 Å². The van der Waals surface area contributed by atoms with Gasteiger partial charge in [0.15, 0.2) is 0 Å². The van der Waals surface area contributed by atoms with Gasteiger partial charge < -0.3 is 10.6 Å². The first-order valence-electron chi connectivity index (χ1n) is 9.08. The maximum Gasteiger partial charge on any atom is 0.257 e. The van der Waals surface area contributed by atoms with Gasteiger partial charge in [0, 0.05) is 34.7 Å². The number of benzene rings is 2. The molecule has 0 saturated carbocycles. The highest BCUT2D eigenvalue weighted by atomic mass is 35.5. The minimum atomic E-state index is -0.114. The second-order valence-corrected chi connectivity index (χ2v) is 7.32. The topological polar surface area (TPSA) is 44.4 Å². The lowest BCUT2D eigenvalue weighted by atomic mass is 10.1. The molecule has 2 aromatic carbocycles. The van der Waals surface area contributed by atoms with Crippen molar-refractivity contribution in [2.24, 2.45) is 0 Å². The van der Waals surface area contributed by atoms with Gasteiger partial charge in [-0.1, -0.05) is 30.2 Å². The molecule has 5 heteroatoms. The molecule has 0 aromatic heterocycles. The van der Waals surface area contributed by atoms with Gasteiger partial charge >= 0.3 is 0 Å². The van der Waals surface area contributed by atoms with Crippen molar-refractivity contribution < 1.29 is 4.79 Å². The number of fused-ring (bicyclic) bond motifs is 1. The lowest BCUT2D eigenvalue weighted by molar-refractivity contribution is -0.110. The van der Waals surface area contributed by atoms with Crippen LogP contribution in [0.2, 0.25) is 5.02 Å². The molecule has 0 atom stereocenters. The fourth-order valence-electron chi connectivity index (χ4n) is 3.54. The van der Waals surface area contributed by atoms with E-state index in [9.17, 15) is 4.79 Å². The molecule has 2 heterocycles. The SMILES string of the molecule is O=C1Nc2ccc(Cl)cc2/C1=C/Nc1ccc(CN2CCCCC2)cc1. The normalized spacial score (nSPS) is 18.7. The predicted molar refractivity (Wildman–Crippen MR) is 107 cm³/mol. The Kier molecular flexibility index (Phi) is 4.96. The van der Waals surface area contributed by atoms with E-state index in [-0.39, 0.29) is 5.91 Å². The van der Waals surface area contributed by atoms with Crippen molar-refractivity contribution in [2.75, 3.05) is 23.7 Å². The molecule has 26 heavy (non-hydrogen) atoms. The summed E-state index contributed by atoms with van der Waals surface area (Å²) >= 11 is 6.06. The molecule has 0 aliphatic carbocycles. The second-order valence-electron chi connectivity index (χ2n) is 6.88. The Balaban J connectivity index is 1.44. The van der Waals surface area contributed by atoms with E-state index in [1.54, 1.807) is 12.3 Å². The average Bonchev–Trinajstić information content (AvgIpc) is 2.96. The highest BCUT2D eigenvalue weighted by Gasteiger charge is 2.24. The van der Waals surface area contributed by atoms with Gasteiger partial charge in [0.1, 0.15) is 0 Å². The molecular weight excluding hydrogens is 346 g/mol. The summed E-state index contributed by atoms with van der Waals surface area (Å²) in [6.45, 7) is 3.40. The number of likely N-dealkylation sites (tertiary alicyclic amines) is 1. The third-order valence-electron chi connectivity index (χ3n) is 4.96. The Bertz CT molecular complexity index is 839. The van der Waals surface area contributed by atoms with Crippen LogP contribution in [-0.4, -0.2) is 23.9 Å². The smallest absolute Gasteiger partial charge is 0.257 e. The van der Waals surface area contributed by atoms with Crippen molar-refractivity contribution in [3.63, 3.8) is 0 Å². The van der Waals surface area contributed by atoms with Gasteiger partial charge in [-0.15, -0.1) is 0 Å². The molecular formula is C21H22ClN3O. The minimum Gasteiger partial charge on any atom is -0.361 e. The van der Waals surface area contributed by atoms with E-state index < -0.39 is 0 Å². The molecule has 2 aliphatic rings. The molecule has 1 fully saturated rings. The summed E-state index contributed by atoms with van der Waals surface area (Å²) in [4.78, 5) is 14.7. The first-order chi connectivity index (χ1) is 12.7. The number of anilines is 2. The van der Waals surface area contributed by atoms with Crippen molar-refractivity contribution in [2.45, 2.75) is 25.8 Å². The number of carbonyl (C=O) groups is 1. The zero-order chi connectivity index (χ0) is 17.9. The maximum absolute atomic E-state index is 12.2. The van der Waals surface area contributed by atoms with Gasteiger partial charge in [-0.3, -0.25) is 9.69 Å². The Morgan fingerprint density at radius 1 is 1.08 bits per heavy atom.